The lowest BCUT2D eigenvalue weighted by atomic mass is 9.92. The highest BCUT2D eigenvalue weighted by Crippen LogP contribution is 2.24. The number of carbonyl (C=O) groups is 1. The van der Waals surface area contributed by atoms with Gasteiger partial charge in [-0.15, -0.1) is 0 Å². The average Bonchev–Trinajstić information content (AvgIpc) is 2.55. The van der Waals surface area contributed by atoms with Gasteiger partial charge in [-0.2, -0.15) is 0 Å². The lowest BCUT2D eigenvalue weighted by molar-refractivity contribution is -0.132. The van der Waals surface area contributed by atoms with Crippen LogP contribution in [0.3, 0.4) is 0 Å². The lowest BCUT2D eigenvalue weighted by Gasteiger charge is -2.42. The zero-order valence-electron chi connectivity index (χ0n) is 14.5. The summed E-state index contributed by atoms with van der Waals surface area (Å²) < 4.78 is 0. The van der Waals surface area contributed by atoms with Gasteiger partial charge in [0.2, 0.25) is 5.91 Å². The second-order valence-corrected chi connectivity index (χ2v) is 6.46. The Bertz CT molecular complexity index is 852. The second-order valence-electron chi connectivity index (χ2n) is 6.46. The minimum atomic E-state index is -0.153. The third-order valence-corrected chi connectivity index (χ3v) is 4.62. The summed E-state index contributed by atoms with van der Waals surface area (Å²) in [5.41, 5.74) is 3.24. The summed E-state index contributed by atoms with van der Waals surface area (Å²) in [6, 6.07) is 5.84. The van der Waals surface area contributed by atoms with Crippen LogP contribution in [-0.2, 0) is 4.79 Å². The van der Waals surface area contributed by atoms with Crippen LogP contribution in [0.5, 0.6) is 0 Å². The van der Waals surface area contributed by atoms with Crippen molar-refractivity contribution in [2.75, 3.05) is 18.4 Å². The predicted octanol–water partition coefficient (Wildman–Crippen LogP) is 2.19. The molecule has 3 heterocycles. The number of H-pyrrole nitrogens is 1. The molecule has 2 aromatic heterocycles. The first-order chi connectivity index (χ1) is 12.0. The average molecular weight is 338 g/mol. The molecule has 1 fully saturated rings. The van der Waals surface area contributed by atoms with Gasteiger partial charge in [0.05, 0.1) is 0 Å². The Labute approximate surface area is 146 Å². The van der Waals surface area contributed by atoms with Crippen LogP contribution in [0.25, 0.3) is 11.1 Å². The van der Waals surface area contributed by atoms with Crippen molar-refractivity contribution in [3.63, 3.8) is 0 Å². The zero-order valence-corrected chi connectivity index (χ0v) is 14.5. The highest BCUT2D eigenvalue weighted by molar-refractivity contribution is 5.87. The summed E-state index contributed by atoms with van der Waals surface area (Å²) in [5, 5.41) is 3.29. The predicted molar refractivity (Wildman–Crippen MR) is 98.4 cm³/mol. The van der Waals surface area contributed by atoms with E-state index in [9.17, 15) is 9.59 Å². The van der Waals surface area contributed by atoms with Crippen LogP contribution in [0.2, 0.25) is 0 Å². The monoisotopic (exact) mass is 338 g/mol. The molecule has 2 N–H and O–H groups in total. The summed E-state index contributed by atoms with van der Waals surface area (Å²) in [4.78, 5) is 32.4. The Morgan fingerprint density at radius 2 is 2.20 bits per heavy atom. The smallest absolute Gasteiger partial charge is 0.271 e. The molecule has 1 unspecified atom stereocenters. The molecule has 6 nitrogen and oxygen atoms in total. The number of likely N-dealkylation sites (tertiary alicyclic amines) is 1. The first-order valence-corrected chi connectivity index (χ1v) is 8.31. The number of nitrogens with zero attached hydrogens (tertiary/aromatic N) is 2. The van der Waals surface area contributed by atoms with Crippen molar-refractivity contribution in [1.82, 2.24) is 14.9 Å². The van der Waals surface area contributed by atoms with E-state index in [1.807, 2.05) is 32.0 Å². The number of aromatic nitrogens is 2. The first-order valence-electron chi connectivity index (χ1n) is 8.31. The molecule has 130 valence electrons. The van der Waals surface area contributed by atoms with E-state index in [2.05, 4.69) is 21.9 Å². The third kappa shape index (κ3) is 3.63. The minimum absolute atomic E-state index is 0.0450. The Kier molecular flexibility index (Phi) is 4.70. The molecule has 0 bridgehead atoms. The van der Waals surface area contributed by atoms with E-state index in [4.69, 9.17) is 0 Å². The van der Waals surface area contributed by atoms with Crippen molar-refractivity contribution in [3.05, 3.63) is 59.3 Å². The number of nitrogens with one attached hydrogen (secondary N) is 2. The van der Waals surface area contributed by atoms with Crippen molar-refractivity contribution >= 4 is 11.6 Å². The van der Waals surface area contributed by atoms with E-state index in [-0.39, 0.29) is 17.5 Å². The minimum Gasteiger partial charge on any atom is -0.378 e. The summed E-state index contributed by atoms with van der Waals surface area (Å²) in [5.74, 6) is 0.270. The number of hydrogen-bond acceptors (Lipinski definition) is 4. The van der Waals surface area contributed by atoms with E-state index in [0.29, 0.717) is 24.7 Å². The van der Waals surface area contributed by atoms with Crippen LogP contribution in [-0.4, -0.2) is 39.9 Å². The maximum atomic E-state index is 12.1. The maximum Gasteiger partial charge on any atom is 0.271 e. The molecule has 1 aliphatic rings. The first kappa shape index (κ1) is 17.0. The van der Waals surface area contributed by atoms with Gasteiger partial charge in [0, 0.05) is 48.7 Å². The van der Waals surface area contributed by atoms with Crippen LogP contribution in [0, 0.1) is 12.8 Å². The van der Waals surface area contributed by atoms with Gasteiger partial charge in [0.25, 0.3) is 5.56 Å². The summed E-state index contributed by atoms with van der Waals surface area (Å²) in [6.07, 6.45) is 4.80. The van der Waals surface area contributed by atoms with E-state index >= 15 is 0 Å². The van der Waals surface area contributed by atoms with E-state index in [1.54, 1.807) is 17.3 Å². The zero-order chi connectivity index (χ0) is 18.0. The fraction of sp³-hybridized carbons (Fsp3) is 0.316. The molecule has 1 amide bonds. The number of aryl methyl sites for hydroxylation is 1. The van der Waals surface area contributed by atoms with E-state index in [1.165, 1.54) is 6.08 Å². The van der Waals surface area contributed by atoms with Gasteiger partial charge < -0.3 is 15.2 Å². The molecule has 0 aliphatic carbocycles. The third-order valence-electron chi connectivity index (χ3n) is 4.62. The Balaban J connectivity index is 1.72. The molecule has 1 atom stereocenters. The van der Waals surface area contributed by atoms with Crippen LogP contribution in [0.4, 0.5) is 5.69 Å². The maximum absolute atomic E-state index is 12.1. The van der Waals surface area contributed by atoms with Crippen molar-refractivity contribution in [3.8, 4) is 11.1 Å². The van der Waals surface area contributed by atoms with Crippen molar-refractivity contribution < 1.29 is 4.79 Å². The molecule has 1 saturated heterocycles. The molecule has 3 rings (SSSR count). The highest BCUT2D eigenvalue weighted by Gasteiger charge is 2.33. The molecule has 25 heavy (non-hydrogen) atoms. The highest BCUT2D eigenvalue weighted by atomic mass is 16.2. The van der Waals surface area contributed by atoms with Crippen molar-refractivity contribution in [1.29, 1.82) is 0 Å². The number of carbonyl (C=O) groups excluding carboxylic acids is 1. The molecular weight excluding hydrogens is 316 g/mol. The SMILES string of the molecule is C=CC(=O)N1CC(C(C)Nc2cc(-c3ccnc(C)c3)c[nH]c2=O)C1. The van der Waals surface area contributed by atoms with Crippen molar-refractivity contribution in [2.24, 2.45) is 5.92 Å². The quantitative estimate of drug-likeness (QED) is 0.819. The topological polar surface area (TPSA) is 78.1 Å². The second kappa shape index (κ2) is 6.93. The van der Waals surface area contributed by atoms with Crippen LogP contribution in [0.1, 0.15) is 12.6 Å². The molecule has 0 aromatic carbocycles. The fourth-order valence-corrected chi connectivity index (χ4v) is 2.98. The number of aromatic amines is 1. The number of pyridine rings is 2. The molecule has 1 aliphatic heterocycles. The Hall–Kier alpha value is -2.89. The van der Waals surface area contributed by atoms with Crippen LogP contribution in [0.15, 0.2) is 48.0 Å². The molecule has 2 aromatic rings. The van der Waals surface area contributed by atoms with Gasteiger partial charge in [-0.1, -0.05) is 6.58 Å². The number of rotatable bonds is 5. The standard InChI is InChI=1S/C19H22N4O2/c1-4-18(24)23-10-16(11-23)13(3)22-17-8-15(9-21-19(17)25)14-5-6-20-12(2)7-14/h4-9,13,16,22H,1,10-11H2,2-3H3,(H,21,25). The molecule has 0 spiro atoms. The van der Waals surface area contributed by atoms with Gasteiger partial charge in [0.15, 0.2) is 0 Å². The van der Waals surface area contributed by atoms with Crippen LogP contribution < -0.4 is 10.9 Å². The fourth-order valence-electron chi connectivity index (χ4n) is 2.98. The summed E-state index contributed by atoms with van der Waals surface area (Å²) in [7, 11) is 0. The summed E-state index contributed by atoms with van der Waals surface area (Å²) >= 11 is 0. The van der Waals surface area contributed by atoms with Crippen molar-refractivity contribution in [2.45, 2.75) is 19.9 Å². The number of anilines is 1. The van der Waals surface area contributed by atoms with E-state index < -0.39 is 0 Å². The summed E-state index contributed by atoms with van der Waals surface area (Å²) in [6.45, 7) is 8.83. The number of hydrogen-bond donors (Lipinski definition) is 2. The van der Waals surface area contributed by atoms with Gasteiger partial charge in [0.1, 0.15) is 5.69 Å². The van der Waals surface area contributed by atoms with Gasteiger partial charge in [-0.3, -0.25) is 14.6 Å². The number of amides is 1. The van der Waals surface area contributed by atoms with Crippen LogP contribution >= 0.6 is 0 Å². The van der Waals surface area contributed by atoms with E-state index in [0.717, 1.165) is 16.8 Å². The molecule has 6 heteroatoms. The Morgan fingerprint density at radius 3 is 2.88 bits per heavy atom. The molecule has 0 radical (unpaired) electrons. The van der Waals surface area contributed by atoms with Gasteiger partial charge >= 0.3 is 0 Å². The largest absolute Gasteiger partial charge is 0.378 e. The normalized spacial score (nSPS) is 15.4. The molecular formula is C19H22N4O2. The van der Waals surface area contributed by atoms with Gasteiger partial charge in [-0.25, -0.2) is 0 Å². The van der Waals surface area contributed by atoms with Gasteiger partial charge in [-0.05, 0) is 43.7 Å². The molecule has 0 saturated carbocycles. The Morgan fingerprint density at radius 1 is 1.44 bits per heavy atom. The lowest BCUT2D eigenvalue weighted by Crippen LogP contribution is -2.55.